The molecule has 2 N–H and O–H groups in total. The summed E-state index contributed by atoms with van der Waals surface area (Å²) in [5, 5.41) is 6.32. The molecule has 0 radical (unpaired) electrons. The van der Waals surface area contributed by atoms with Gasteiger partial charge in [0.05, 0.1) is 40.2 Å². The molecule has 38 heavy (non-hydrogen) atoms. The molecule has 1 unspecified atom stereocenters. The maximum atomic E-state index is 13.4. The Labute approximate surface area is 222 Å². The Hall–Kier alpha value is -4.20. The minimum atomic E-state index is -0.344. The van der Waals surface area contributed by atoms with Crippen LogP contribution < -0.4 is 35.0 Å². The fourth-order valence-corrected chi connectivity index (χ4v) is 4.99. The molecule has 0 bridgehead atoms. The molecule has 3 aromatic carbocycles. The molecule has 8 heteroatoms. The van der Waals surface area contributed by atoms with Crippen molar-refractivity contribution in [2.24, 2.45) is 0 Å². The highest BCUT2D eigenvalue weighted by molar-refractivity contribution is 5.83. The summed E-state index contributed by atoms with van der Waals surface area (Å²) in [7, 11) is 6.38. The van der Waals surface area contributed by atoms with E-state index in [-0.39, 0.29) is 17.4 Å². The van der Waals surface area contributed by atoms with E-state index < -0.39 is 0 Å². The Bertz CT molecular complexity index is 1370. The van der Waals surface area contributed by atoms with Gasteiger partial charge in [-0.15, -0.1) is 0 Å². The molecule has 4 rings (SSSR count). The van der Waals surface area contributed by atoms with E-state index in [9.17, 15) is 9.59 Å². The third kappa shape index (κ3) is 5.54. The van der Waals surface area contributed by atoms with Gasteiger partial charge in [-0.3, -0.25) is 9.59 Å². The van der Waals surface area contributed by atoms with E-state index in [1.165, 1.54) is 6.92 Å². The van der Waals surface area contributed by atoms with Crippen LogP contribution in [0.25, 0.3) is 11.1 Å². The molecule has 0 aliphatic heterocycles. The fourth-order valence-electron chi connectivity index (χ4n) is 4.99. The number of benzene rings is 2. The standard InChI is InChI=1S/C30H34N2O6/c1-18(33)32-24-12-8-20-16-27(36-3)29(37-4)30(38-5)28(20)22-11-13-25(26(34)17-23(22)24)31-15-14-19-6-9-21(35-2)10-7-19/h6-7,9-11,13,16-17,24H,8,12,14-15H2,1-5H3,(H,31,34)(H,32,33). The van der Waals surface area contributed by atoms with Gasteiger partial charge in [0.15, 0.2) is 11.5 Å². The Morgan fingerprint density at radius 2 is 1.66 bits per heavy atom. The summed E-state index contributed by atoms with van der Waals surface area (Å²) in [5.74, 6) is 2.21. The van der Waals surface area contributed by atoms with Crippen molar-refractivity contribution in [2.75, 3.05) is 40.3 Å². The van der Waals surface area contributed by atoms with Crippen molar-refractivity contribution in [3.8, 4) is 34.1 Å². The van der Waals surface area contributed by atoms with E-state index in [0.717, 1.165) is 40.0 Å². The average Bonchev–Trinajstić information content (AvgIpc) is 3.16. The number of carbonyl (C=O) groups excluding carboxylic acids is 1. The molecule has 1 atom stereocenters. The zero-order valence-corrected chi connectivity index (χ0v) is 22.5. The van der Waals surface area contributed by atoms with Gasteiger partial charge >= 0.3 is 0 Å². The molecule has 1 aliphatic carbocycles. The molecule has 0 aromatic heterocycles. The summed E-state index contributed by atoms with van der Waals surface area (Å²) < 4.78 is 22.3. The smallest absolute Gasteiger partial charge is 0.217 e. The average molecular weight is 519 g/mol. The van der Waals surface area contributed by atoms with Crippen molar-refractivity contribution in [2.45, 2.75) is 32.2 Å². The predicted molar refractivity (Wildman–Crippen MR) is 148 cm³/mol. The van der Waals surface area contributed by atoms with Gasteiger partial charge < -0.3 is 29.6 Å². The van der Waals surface area contributed by atoms with Crippen LogP contribution in [0.1, 0.15) is 36.1 Å². The lowest BCUT2D eigenvalue weighted by atomic mass is 9.95. The SMILES string of the molecule is COc1ccc(CCNc2ccc3c(cc2=O)C(NC(C)=O)CCc2cc(OC)c(OC)c(OC)c2-3)cc1. The van der Waals surface area contributed by atoms with Gasteiger partial charge in [0.25, 0.3) is 0 Å². The number of rotatable bonds is 9. The van der Waals surface area contributed by atoms with Crippen molar-refractivity contribution in [1.82, 2.24) is 5.32 Å². The highest BCUT2D eigenvalue weighted by Crippen LogP contribution is 2.50. The van der Waals surface area contributed by atoms with Gasteiger partial charge in [-0.05, 0) is 71.8 Å². The van der Waals surface area contributed by atoms with Crippen LogP contribution >= 0.6 is 0 Å². The maximum Gasteiger partial charge on any atom is 0.217 e. The van der Waals surface area contributed by atoms with E-state index >= 15 is 0 Å². The summed E-state index contributed by atoms with van der Waals surface area (Å²) in [4.78, 5) is 25.5. The number of hydrogen-bond donors (Lipinski definition) is 2. The van der Waals surface area contributed by atoms with Gasteiger partial charge in [-0.25, -0.2) is 0 Å². The number of ether oxygens (including phenoxy) is 4. The van der Waals surface area contributed by atoms with Crippen LogP contribution in [-0.4, -0.2) is 40.9 Å². The normalized spacial score (nSPS) is 13.9. The third-order valence-corrected chi connectivity index (χ3v) is 6.80. The van der Waals surface area contributed by atoms with Crippen LogP contribution in [0, 0.1) is 0 Å². The van der Waals surface area contributed by atoms with Gasteiger partial charge in [0.2, 0.25) is 17.1 Å². The Balaban J connectivity index is 1.78. The minimum absolute atomic E-state index is 0.153. The number of amides is 1. The third-order valence-electron chi connectivity index (χ3n) is 6.80. The van der Waals surface area contributed by atoms with Gasteiger partial charge in [0, 0.05) is 19.0 Å². The summed E-state index contributed by atoms with van der Waals surface area (Å²) >= 11 is 0. The Kier molecular flexibility index (Phi) is 8.41. The molecular weight excluding hydrogens is 484 g/mol. The van der Waals surface area contributed by atoms with E-state index in [2.05, 4.69) is 10.6 Å². The number of aryl methyl sites for hydroxylation is 1. The maximum absolute atomic E-state index is 13.4. The second-order valence-corrected chi connectivity index (χ2v) is 9.12. The fraction of sp³-hybridized carbons (Fsp3) is 0.333. The first-order valence-electron chi connectivity index (χ1n) is 12.5. The van der Waals surface area contributed by atoms with Crippen LogP contribution in [0.15, 0.2) is 53.3 Å². The number of methoxy groups -OCH3 is 4. The summed E-state index contributed by atoms with van der Waals surface area (Å²) in [6.07, 6.45) is 2.00. The molecule has 1 aliphatic rings. The number of nitrogens with one attached hydrogen (secondary N) is 2. The Morgan fingerprint density at radius 1 is 0.921 bits per heavy atom. The van der Waals surface area contributed by atoms with Crippen molar-refractivity contribution in [1.29, 1.82) is 0 Å². The number of fused-ring (bicyclic) bond motifs is 3. The largest absolute Gasteiger partial charge is 0.497 e. The summed E-state index contributed by atoms with van der Waals surface area (Å²) in [6, 6.07) is 14.8. The van der Waals surface area contributed by atoms with Crippen LogP contribution in [-0.2, 0) is 17.6 Å². The predicted octanol–water partition coefficient (Wildman–Crippen LogP) is 4.53. The first-order chi connectivity index (χ1) is 18.4. The van der Waals surface area contributed by atoms with E-state index in [1.54, 1.807) is 40.6 Å². The van der Waals surface area contributed by atoms with E-state index in [0.29, 0.717) is 42.3 Å². The second-order valence-electron chi connectivity index (χ2n) is 9.12. The zero-order valence-electron chi connectivity index (χ0n) is 22.5. The highest BCUT2D eigenvalue weighted by Gasteiger charge is 2.29. The monoisotopic (exact) mass is 518 g/mol. The molecule has 1 amide bonds. The lowest BCUT2D eigenvalue weighted by Crippen LogP contribution is -2.26. The van der Waals surface area contributed by atoms with Crippen LogP contribution in [0.4, 0.5) is 5.69 Å². The highest BCUT2D eigenvalue weighted by atomic mass is 16.5. The zero-order chi connectivity index (χ0) is 27.2. The molecule has 0 saturated heterocycles. The van der Waals surface area contributed by atoms with Crippen molar-refractivity contribution < 1.29 is 23.7 Å². The molecule has 0 saturated carbocycles. The number of anilines is 1. The molecule has 0 fully saturated rings. The molecule has 200 valence electrons. The van der Waals surface area contributed by atoms with Gasteiger partial charge in [-0.2, -0.15) is 0 Å². The second kappa shape index (κ2) is 11.9. The van der Waals surface area contributed by atoms with Crippen LogP contribution in [0.2, 0.25) is 0 Å². The molecular formula is C30H34N2O6. The Morgan fingerprint density at radius 3 is 2.29 bits per heavy atom. The minimum Gasteiger partial charge on any atom is -0.497 e. The number of carbonyl (C=O) groups is 1. The molecule has 0 heterocycles. The summed E-state index contributed by atoms with van der Waals surface area (Å²) in [5.41, 5.74) is 4.81. The lowest BCUT2D eigenvalue weighted by molar-refractivity contribution is -0.119. The molecule has 3 aromatic rings. The van der Waals surface area contributed by atoms with Crippen LogP contribution in [0.3, 0.4) is 0 Å². The molecule has 0 spiro atoms. The molecule has 8 nitrogen and oxygen atoms in total. The van der Waals surface area contributed by atoms with Gasteiger partial charge in [0.1, 0.15) is 5.75 Å². The van der Waals surface area contributed by atoms with E-state index in [1.807, 2.05) is 36.4 Å². The van der Waals surface area contributed by atoms with Crippen molar-refractivity contribution in [3.63, 3.8) is 0 Å². The lowest BCUT2D eigenvalue weighted by Gasteiger charge is -2.19. The number of hydrogen-bond acceptors (Lipinski definition) is 7. The van der Waals surface area contributed by atoms with E-state index in [4.69, 9.17) is 18.9 Å². The van der Waals surface area contributed by atoms with Crippen molar-refractivity contribution in [3.05, 3.63) is 75.4 Å². The van der Waals surface area contributed by atoms with Crippen LogP contribution in [0.5, 0.6) is 23.0 Å². The topological polar surface area (TPSA) is 95.1 Å². The first-order valence-corrected chi connectivity index (χ1v) is 12.5. The van der Waals surface area contributed by atoms with Crippen molar-refractivity contribution >= 4 is 11.6 Å². The quantitative estimate of drug-likeness (QED) is 0.430. The van der Waals surface area contributed by atoms with Gasteiger partial charge in [-0.1, -0.05) is 18.2 Å². The summed E-state index contributed by atoms with van der Waals surface area (Å²) in [6.45, 7) is 2.06. The first kappa shape index (κ1) is 26.9.